The monoisotopic (exact) mass is 100 g/mol. The molecule has 0 aromatic carbocycles. The van der Waals surface area contributed by atoms with Gasteiger partial charge in [-0.1, -0.05) is 0 Å². The van der Waals surface area contributed by atoms with E-state index in [9.17, 15) is 4.79 Å². The highest BCUT2D eigenvalue weighted by atomic mass is 16.3. The molecule has 0 radical (unpaired) electrons. The van der Waals surface area contributed by atoms with E-state index in [1.165, 1.54) is 0 Å². The zero-order valence-corrected chi connectivity index (χ0v) is 4.00. The van der Waals surface area contributed by atoms with Gasteiger partial charge in [0, 0.05) is 5.92 Å². The van der Waals surface area contributed by atoms with E-state index in [2.05, 4.69) is 0 Å². The summed E-state index contributed by atoms with van der Waals surface area (Å²) in [6.45, 7) is 0. The lowest BCUT2D eigenvalue weighted by Gasteiger charge is -2.26. The number of hydrogen-bond donors (Lipinski definition) is 1. The molecule has 40 valence electrons. The van der Waals surface area contributed by atoms with Crippen molar-refractivity contribution < 1.29 is 9.90 Å². The van der Waals surface area contributed by atoms with Crippen molar-refractivity contribution in [3.8, 4) is 0 Å². The molecule has 0 heterocycles. The molecule has 0 bridgehead atoms. The van der Waals surface area contributed by atoms with Crippen molar-refractivity contribution in [3.05, 3.63) is 0 Å². The molecule has 0 aromatic rings. The van der Waals surface area contributed by atoms with Gasteiger partial charge in [0.2, 0.25) is 0 Å². The van der Waals surface area contributed by atoms with Crippen molar-refractivity contribution in [3.63, 3.8) is 0 Å². The van der Waals surface area contributed by atoms with Crippen LogP contribution in [0, 0.1) is 5.92 Å². The van der Waals surface area contributed by atoms with Gasteiger partial charge in [0.05, 0.1) is 6.10 Å². The fraction of sp³-hybridized carbons (Fsp3) is 0.800. The third kappa shape index (κ3) is 0.657. The zero-order valence-electron chi connectivity index (χ0n) is 4.00. The van der Waals surface area contributed by atoms with Gasteiger partial charge in [-0.25, -0.2) is 0 Å². The largest absolute Gasteiger partial charge is 0.392 e. The Labute approximate surface area is 42.1 Å². The highest BCUT2D eigenvalue weighted by molar-refractivity contribution is 5.55. The van der Waals surface area contributed by atoms with Gasteiger partial charge in [-0.3, -0.25) is 0 Å². The summed E-state index contributed by atoms with van der Waals surface area (Å²) in [7, 11) is 0. The first-order valence-corrected chi connectivity index (χ1v) is 2.48. The minimum atomic E-state index is -0.322. The highest BCUT2D eigenvalue weighted by Gasteiger charge is 2.27. The molecule has 0 aliphatic heterocycles. The van der Waals surface area contributed by atoms with Crippen LogP contribution in [0.25, 0.3) is 0 Å². The molecule has 1 aliphatic carbocycles. The molecule has 1 N–H and O–H groups in total. The lowest BCUT2D eigenvalue weighted by molar-refractivity contribution is -0.119. The van der Waals surface area contributed by atoms with Gasteiger partial charge in [0.15, 0.2) is 0 Å². The Hall–Kier alpha value is -0.370. The van der Waals surface area contributed by atoms with Gasteiger partial charge in [0.1, 0.15) is 6.29 Å². The summed E-state index contributed by atoms with van der Waals surface area (Å²) in [5.74, 6) is -0.0417. The third-order valence-electron chi connectivity index (χ3n) is 1.46. The summed E-state index contributed by atoms with van der Waals surface area (Å²) in [5.41, 5.74) is 0. The molecule has 2 atom stereocenters. The number of aliphatic hydroxyl groups is 1. The molecular formula is C5H8O2. The molecule has 2 nitrogen and oxygen atoms in total. The second kappa shape index (κ2) is 1.62. The van der Waals surface area contributed by atoms with Crippen LogP contribution in [0.15, 0.2) is 0 Å². The fourth-order valence-corrected chi connectivity index (χ4v) is 0.667. The number of aliphatic hydroxyl groups excluding tert-OH is 1. The third-order valence-corrected chi connectivity index (χ3v) is 1.46. The van der Waals surface area contributed by atoms with Gasteiger partial charge in [-0.2, -0.15) is 0 Å². The predicted molar refractivity (Wildman–Crippen MR) is 24.8 cm³/mol. The van der Waals surface area contributed by atoms with Crippen LogP contribution in [0.4, 0.5) is 0 Å². The fourth-order valence-electron chi connectivity index (χ4n) is 0.667. The molecule has 1 rings (SSSR count). The number of aldehydes is 1. The molecule has 1 saturated carbocycles. The quantitative estimate of drug-likeness (QED) is 0.469. The van der Waals surface area contributed by atoms with Gasteiger partial charge in [-0.05, 0) is 12.8 Å². The Morgan fingerprint density at radius 2 is 2.29 bits per heavy atom. The second-order valence-electron chi connectivity index (χ2n) is 1.94. The first kappa shape index (κ1) is 4.78. The first-order chi connectivity index (χ1) is 3.34. The summed E-state index contributed by atoms with van der Waals surface area (Å²) >= 11 is 0. The lowest BCUT2D eigenvalue weighted by atomic mass is 9.83. The normalized spacial score (nSPS) is 39.6. The first-order valence-electron chi connectivity index (χ1n) is 2.48. The average molecular weight is 100 g/mol. The van der Waals surface area contributed by atoms with Crippen LogP contribution in [-0.4, -0.2) is 17.5 Å². The maximum Gasteiger partial charge on any atom is 0.125 e. The van der Waals surface area contributed by atoms with Crippen molar-refractivity contribution in [2.45, 2.75) is 18.9 Å². The molecule has 7 heavy (non-hydrogen) atoms. The van der Waals surface area contributed by atoms with Crippen LogP contribution in [0.1, 0.15) is 12.8 Å². The van der Waals surface area contributed by atoms with Crippen molar-refractivity contribution in [1.29, 1.82) is 0 Å². The Morgan fingerprint density at radius 1 is 1.57 bits per heavy atom. The van der Waals surface area contributed by atoms with E-state index in [1.807, 2.05) is 0 Å². The number of carbonyl (C=O) groups is 1. The maximum atomic E-state index is 9.84. The van der Waals surface area contributed by atoms with E-state index in [0.717, 1.165) is 19.1 Å². The molecule has 1 fully saturated rings. The van der Waals surface area contributed by atoms with Crippen LogP contribution >= 0.6 is 0 Å². The number of hydrogen-bond acceptors (Lipinski definition) is 2. The average Bonchev–Trinajstić information content (AvgIpc) is 1.65. The molecule has 0 saturated heterocycles. The molecule has 0 spiro atoms. The van der Waals surface area contributed by atoms with Crippen LogP contribution in [0.3, 0.4) is 0 Å². The number of carbonyl (C=O) groups excluding carboxylic acids is 1. The minimum Gasteiger partial charge on any atom is -0.392 e. The molecule has 0 amide bonds. The molecule has 1 aliphatic rings. The molecular weight excluding hydrogens is 92.1 g/mol. The van der Waals surface area contributed by atoms with Crippen LogP contribution < -0.4 is 0 Å². The zero-order chi connectivity index (χ0) is 5.28. The van der Waals surface area contributed by atoms with E-state index < -0.39 is 0 Å². The summed E-state index contributed by atoms with van der Waals surface area (Å²) in [6, 6.07) is 0. The summed E-state index contributed by atoms with van der Waals surface area (Å²) in [4.78, 5) is 9.84. The van der Waals surface area contributed by atoms with Gasteiger partial charge >= 0.3 is 0 Å². The van der Waals surface area contributed by atoms with Crippen molar-refractivity contribution in [2.75, 3.05) is 0 Å². The summed E-state index contributed by atoms with van der Waals surface area (Å²) in [6.07, 6.45) is 2.19. The minimum absolute atomic E-state index is 0.0417. The van der Waals surface area contributed by atoms with Crippen molar-refractivity contribution >= 4 is 6.29 Å². The standard InChI is InChI=1S/C5H8O2/c6-3-4-1-2-5(4)7/h3-5,7H,1-2H2. The maximum absolute atomic E-state index is 9.84. The van der Waals surface area contributed by atoms with Crippen LogP contribution in [0.5, 0.6) is 0 Å². The van der Waals surface area contributed by atoms with E-state index >= 15 is 0 Å². The SMILES string of the molecule is O=CC1CCC1O. The summed E-state index contributed by atoms with van der Waals surface area (Å²) in [5, 5.41) is 8.68. The Kier molecular flexibility index (Phi) is 1.11. The van der Waals surface area contributed by atoms with Gasteiger partial charge in [-0.15, -0.1) is 0 Å². The Morgan fingerprint density at radius 3 is 2.29 bits per heavy atom. The van der Waals surface area contributed by atoms with E-state index in [1.54, 1.807) is 0 Å². The van der Waals surface area contributed by atoms with E-state index in [-0.39, 0.29) is 12.0 Å². The molecule has 2 heteroatoms. The highest BCUT2D eigenvalue weighted by Crippen LogP contribution is 2.24. The van der Waals surface area contributed by atoms with Crippen LogP contribution in [0.2, 0.25) is 0 Å². The van der Waals surface area contributed by atoms with Gasteiger partial charge in [0.25, 0.3) is 0 Å². The summed E-state index contributed by atoms with van der Waals surface area (Å²) < 4.78 is 0. The van der Waals surface area contributed by atoms with E-state index in [0.29, 0.717) is 0 Å². The number of rotatable bonds is 1. The van der Waals surface area contributed by atoms with Crippen molar-refractivity contribution in [2.24, 2.45) is 5.92 Å². The molecule has 2 unspecified atom stereocenters. The Balaban J connectivity index is 2.28. The lowest BCUT2D eigenvalue weighted by Crippen LogP contribution is -2.31. The van der Waals surface area contributed by atoms with E-state index in [4.69, 9.17) is 5.11 Å². The van der Waals surface area contributed by atoms with Crippen molar-refractivity contribution in [1.82, 2.24) is 0 Å². The van der Waals surface area contributed by atoms with Crippen LogP contribution in [-0.2, 0) is 4.79 Å². The predicted octanol–water partition coefficient (Wildman–Crippen LogP) is -0.0438. The van der Waals surface area contributed by atoms with Gasteiger partial charge < -0.3 is 9.90 Å². The smallest absolute Gasteiger partial charge is 0.125 e. The second-order valence-corrected chi connectivity index (χ2v) is 1.94. The Bertz CT molecular complexity index is 80.1. The molecule has 0 aromatic heterocycles. The topological polar surface area (TPSA) is 37.3 Å².